The van der Waals surface area contributed by atoms with Crippen molar-refractivity contribution in [2.45, 2.75) is 18.3 Å². The van der Waals surface area contributed by atoms with Crippen LogP contribution < -0.4 is 0 Å². The molecule has 5 heteroatoms. The number of hydrogen-bond donors (Lipinski definition) is 2. The Hall–Kier alpha value is -1.69. The number of para-hydroxylation sites is 1. The van der Waals surface area contributed by atoms with Gasteiger partial charge in [0.15, 0.2) is 5.78 Å². The van der Waals surface area contributed by atoms with Gasteiger partial charge in [0.25, 0.3) is 0 Å². The third kappa shape index (κ3) is 1.35. The van der Waals surface area contributed by atoms with Crippen molar-refractivity contribution in [2.75, 3.05) is 7.11 Å². The maximum atomic E-state index is 12.1. The van der Waals surface area contributed by atoms with Crippen molar-refractivity contribution in [1.82, 2.24) is 0 Å². The second-order valence-corrected chi connectivity index (χ2v) is 4.29. The molecule has 1 heterocycles. The van der Waals surface area contributed by atoms with Crippen molar-refractivity contribution in [3.8, 4) is 0 Å². The van der Waals surface area contributed by atoms with Crippen molar-refractivity contribution in [3.05, 3.63) is 35.6 Å². The van der Waals surface area contributed by atoms with Crippen LogP contribution in [-0.4, -0.2) is 35.3 Å². The van der Waals surface area contributed by atoms with Gasteiger partial charge in [-0.3, -0.25) is 4.79 Å². The minimum atomic E-state index is -1.38. The molecule has 0 saturated carbocycles. The van der Waals surface area contributed by atoms with Gasteiger partial charge in [0.2, 0.25) is 0 Å². The van der Waals surface area contributed by atoms with E-state index in [0.717, 1.165) is 0 Å². The topological polar surface area (TPSA) is 79.9 Å². The van der Waals surface area contributed by atoms with Gasteiger partial charge in [-0.15, -0.1) is 0 Å². The lowest BCUT2D eigenvalue weighted by molar-refractivity contribution is -0.0822. The van der Waals surface area contributed by atoms with Crippen LogP contribution in [0.25, 0.3) is 11.0 Å². The predicted molar refractivity (Wildman–Crippen MR) is 62.3 cm³/mol. The molecule has 5 nitrogen and oxygen atoms in total. The molecule has 0 amide bonds. The Morgan fingerprint density at radius 2 is 1.94 bits per heavy atom. The molecule has 0 fully saturated rings. The number of Topliss-reactive ketones (excluding diaryl/α,β-unsaturated/α-hetero) is 1. The predicted octanol–water partition coefficient (Wildman–Crippen LogP) is 1.04. The van der Waals surface area contributed by atoms with Gasteiger partial charge in [-0.25, -0.2) is 0 Å². The highest BCUT2D eigenvalue weighted by molar-refractivity contribution is 6.11. The van der Waals surface area contributed by atoms with Gasteiger partial charge in [-0.05, 0) is 6.07 Å². The molecule has 0 aliphatic heterocycles. The molecule has 2 N–H and O–H groups in total. The lowest BCUT2D eigenvalue weighted by Crippen LogP contribution is -2.44. The first kappa shape index (κ1) is 11.4. The van der Waals surface area contributed by atoms with E-state index in [9.17, 15) is 15.0 Å². The van der Waals surface area contributed by atoms with Gasteiger partial charge >= 0.3 is 0 Å². The largest absolute Gasteiger partial charge is 0.457 e. The van der Waals surface area contributed by atoms with Crippen LogP contribution in [0.2, 0.25) is 0 Å². The van der Waals surface area contributed by atoms with Crippen LogP contribution in [-0.2, 0) is 4.74 Å². The number of furan rings is 1. The number of aliphatic hydroxyl groups is 2. The number of fused-ring (bicyclic) bond motifs is 3. The van der Waals surface area contributed by atoms with E-state index in [-0.39, 0.29) is 11.3 Å². The monoisotopic (exact) mass is 248 g/mol. The fourth-order valence-corrected chi connectivity index (χ4v) is 2.40. The Morgan fingerprint density at radius 1 is 1.22 bits per heavy atom. The Balaban J connectivity index is 2.28. The first-order valence-corrected chi connectivity index (χ1v) is 5.59. The van der Waals surface area contributed by atoms with E-state index < -0.39 is 24.1 Å². The van der Waals surface area contributed by atoms with E-state index in [1.165, 1.54) is 7.11 Å². The molecule has 0 radical (unpaired) electrons. The fourth-order valence-electron chi connectivity index (χ4n) is 2.40. The van der Waals surface area contributed by atoms with Crippen LogP contribution in [0.3, 0.4) is 0 Å². The summed E-state index contributed by atoms with van der Waals surface area (Å²) >= 11 is 0. The van der Waals surface area contributed by atoms with Crippen molar-refractivity contribution in [2.24, 2.45) is 0 Å². The van der Waals surface area contributed by atoms with Gasteiger partial charge in [-0.1, -0.05) is 18.2 Å². The van der Waals surface area contributed by atoms with E-state index in [4.69, 9.17) is 9.15 Å². The molecule has 94 valence electrons. The van der Waals surface area contributed by atoms with Crippen LogP contribution in [0.15, 0.2) is 28.7 Å². The molecule has 1 aliphatic rings. The van der Waals surface area contributed by atoms with Crippen LogP contribution in [0.1, 0.15) is 22.2 Å². The summed E-state index contributed by atoms with van der Waals surface area (Å²) in [6.45, 7) is 0. The molecule has 3 atom stereocenters. The molecule has 1 aromatic heterocycles. The molecule has 0 saturated heterocycles. The smallest absolute Gasteiger partial charge is 0.198 e. The molecule has 1 aliphatic carbocycles. The van der Waals surface area contributed by atoms with Crippen LogP contribution >= 0.6 is 0 Å². The second-order valence-electron chi connectivity index (χ2n) is 4.29. The number of hydrogen-bond acceptors (Lipinski definition) is 5. The van der Waals surface area contributed by atoms with Gasteiger partial charge < -0.3 is 19.4 Å². The zero-order valence-electron chi connectivity index (χ0n) is 9.66. The normalized spacial score (nSPS) is 27.5. The minimum Gasteiger partial charge on any atom is -0.457 e. The average Bonchev–Trinajstić information content (AvgIpc) is 2.76. The number of methoxy groups -OCH3 is 1. The summed E-state index contributed by atoms with van der Waals surface area (Å²) in [6, 6.07) is 6.98. The number of carbonyl (C=O) groups excluding carboxylic acids is 1. The minimum absolute atomic E-state index is 0.165. The molecule has 0 spiro atoms. The number of ketones is 1. The van der Waals surface area contributed by atoms with Gasteiger partial charge in [0.1, 0.15) is 29.7 Å². The molecule has 18 heavy (non-hydrogen) atoms. The SMILES string of the molecule is CO[C@H]1[C@H](O)c2oc3ccccc3c2C(=O)[C@@H]1O. The van der Waals surface area contributed by atoms with E-state index >= 15 is 0 Å². The maximum absolute atomic E-state index is 12.1. The van der Waals surface area contributed by atoms with E-state index in [1.54, 1.807) is 24.3 Å². The lowest BCUT2D eigenvalue weighted by Gasteiger charge is -2.28. The summed E-state index contributed by atoms with van der Waals surface area (Å²) in [5.74, 6) is -0.314. The molecular weight excluding hydrogens is 236 g/mol. The summed E-state index contributed by atoms with van der Waals surface area (Å²) in [5, 5.41) is 20.5. The van der Waals surface area contributed by atoms with Crippen molar-refractivity contribution >= 4 is 16.8 Å². The first-order chi connectivity index (χ1) is 8.65. The highest BCUT2D eigenvalue weighted by atomic mass is 16.5. The number of ether oxygens (including phenoxy) is 1. The summed E-state index contributed by atoms with van der Waals surface area (Å²) in [5.41, 5.74) is 0.762. The lowest BCUT2D eigenvalue weighted by atomic mass is 9.88. The second kappa shape index (κ2) is 3.91. The Morgan fingerprint density at radius 3 is 2.67 bits per heavy atom. The maximum Gasteiger partial charge on any atom is 0.198 e. The van der Waals surface area contributed by atoms with E-state index in [0.29, 0.717) is 11.0 Å². The number of aliphatic hydroxyl groups excluding tert-OH is 2. The highest BCUT2D eigenvalue weighted by Crippen LogP contribution is 2.38. The summed E-state index contributed by atoms with van der Waals surface area (Å²) in [4.78, 5) is 12.1. The van der Waals surface area contributed by atoms with Crippen molar-refractivity contribution in [1.29, 1.82) is 0 Å². The quantitative estimate of drug-likeness (QED) is 0.788. The number of carbonyl (C=O) groups is 1. The Labute approximate surface area is 103 Å². The molecular formula is C13H12O5. The Bertz CT molecular complexity index is 615. The first-order valence-electron chi connectivity index (χ1n) is 5.59. The van der Waals surface area contributed by atoms with Crippen LogP contribution in [0, 0.1) is 0 Å². The van der Waals surface area contributed by atoms with Crippen molar-refractivity contribution < 1.29 is 24.2 Å². The molecule has 2 aromatic rings. The third-order valence-corrected chi connectivity index (χ3v) is 3.30. The summed E-state index contributed by atoms with van der Waals surface area (Å²) in [7, 11) is 1.33. The fraction of sp³-hybridized carbons (Fsp3) is 0.308. The molecule has 0 bridgehead atoms. The molecule has 1 aromatic carbocycles. The van der Waals surface area contributed by atoms with Gasteiger partial charge in [0, 0.05) is 12.5 Å². The molecule has 3 rings (SSSR count). The highest BCUT2D eigenvalue weighted by Gasteiger charge is 2.44. The van der Waals surface area contributed by atoms with Crippen LogP contribution in [0.4, 0.5) is 0 Å². The van der Waals surface area contributed by atoms with E-state index in [2.05, 4.69) is 0 Å². The van der Waals surface area contributed by atoms with Crippen molar-refractivity contribution in [3.63, 3.8) is 0 Å². The summed E-state index contributed by atoms with van der Waals surface area (Å²) < 4.78 is 10.4. The standard InChI is InChI=1S/C13H12O5/c1-17-13-10(15)9(14)8-6-4-2-3-5-7(6)18-12(8)11(13)16/h2-5,10-11,13,15-16H,1H3/t10-,11+,13+/m0/s1. The van der Waals surface area contributed by atoms with E-state index in [1.807, 2.05) is 0 Å². The summed E-state index contributed by atoms with van der Waals surface area (Å²) in [6.07, 6.45) is -3.52. The van der Waals surface area contributed by atoms with Gasteiger partial charge in [-0.2, -0.15) is 0 Å². The van der Waals surface area contributed by atoms with Gasteiger partial charge in [0.05, 0.1) is 5.56 Å². The van der Waals surface area contributed by atoms with Crippen LogP contribution in [0.5, 0.6) is 0 Å². The Kier molecular flexibility index (Phi) is 2.48. The zero-order chi connectivity index (χ0) is 12.9. The number of benzene rings is 1. The molecule has 0 unspecified atom stereocenters. The third-order valence-electron chi connectivity index (χ3n) is 3.30. The average molecular weight is 248 g/mol. The number of rotatable bonds is 1. The zero-order valence-corrected chi connectivity index (χ0v) is 9.66.